The summed E-state index contributed by atoms with van der Waals surface area (Å²) < 4.78 is 0.368. The van der Waals surface area contributed by atoms with E-state index >= 15 is 0 Å². The van der Waals surface area contributed by atoms with Crippen LogP contribution in [-0.2, 0) is 0 Å². The Labute approximate surface area is 107 Å². The van der Waals surface area contributed by atoms with Crippen molar-refractivity contribution in [3.05, 3.63) is 0 Å². The van der Waals surface area contributed by atoms with Gasteiger partial charge >= 0.3 is 0 Å². The molecule has 0 bridgehead atoms. The van der Waals surface area contributed by atoms with Crippen LogP contribution in [0.1, 0.15) is 41.5 Å². The normalized spacial score (nSPS) is 15.6. The molecule has 0 radical (unpaired) electrons. The SMILES string of the molecule is CC(CSC(C)(C)C)NCC(C)(C)N(C)C. The summed E-state index contributed by atoms with van der Waals surface area (Å²) in [5.74, 6) is 1.17. The summed E-state index contributed by atoms with van der Waals surface area (Å²) in [5, 5.41) is 3.61. The molecule has 0 spiro atoms. The Morgan fingerprint density at radius 2 is 1.62 bits per heavy atom. The van der Waals surface area contributed by atoms with E-state index in [0.717, 1.165) is 6.54 Å². The fourth-order valence-corrected chi connectivity index (χ4v) is 1.88. The van der Waals surface area contributed by atoms with E-state index in [1.54, 1.807) is 0 Å². The van der Waals surface area contributed by atoms with E-state index in [2.05, 4.69) is 65.9 Å². The highest BCUT2D eigenvalue weighted by molar-refractivity contribution is 8.00. The molecule has 0 aromatic heterocycles. The molecule has 0 aromatic rings. The van der Waals surface area contributed by atoms with Crippen molar-refractivity contribution in [2.24, 2.45) is 0 Å². The Morgan fingerprint density at radius 1 is 1.12 bits per heavy atom. The minimum absolute atomic E-state index is 0.223. The Morgan fingerprint density at radius 3 is 2.00 bits per heavy atom. The number of hydrogen-bond acceptors (Lipinski definition) is 3. The second-order valence-corrected chi connectivity index (χ2v) is 8.26. The van der Waals surface area contributed by atoms with Crippen LogP contribution in [0.3, 0.4) is 0 Å². The number of nitrogens with zero attached hydrogens (tertiary/aromatic N) is 1. The largest absolute Gasteiger partial charge is 0.312 e. The van der Waals surface area contributed by atoms with Crippen molar-refractivity contribution in [1.82, 2.24) is 10.2 Å². The van der Waals surface area contributed by atoms with Gasteiger partial charge in [0.2, 0.25) is 0 Å². The quantitative estimate of drug-likeness (QED) is 0.776. The molecule has 0 aliphatic rings. The number of hydrogen-bond donors (Lipinski definition) is 1. The summed E-state index contributed by atoms with van der Waals surface area (Å²) >= 11 is 2.02. The third kappa shape index (κ3) is 7.53. The summed E-state index contributed by atoms with van der Waals surface area (Å²) in [5.41, 5.74) is 0.223. The Kier molecular flexibility index (Phi) is 6.38. The Balaban J connectivity index is 3.86. The lowest BCUT2D eigenvalue weighted by atomic mass is 10.0. The van der Waals surface area contributed by atoms with Crippen LogP contribution in [0.2, 0.25) is 0 Å². The highest BCUT2D eigenvalue weighted by Gasteiger charge is 2.21. The number of rotatable bonds is 6. The molecular weight excluding hydrogens is 216 g/mol. The van der Waals surface area contributed by atoms with E-state index in [1.807, 2.05) is 11.8 Å². The van der Waals surface area contributed by atoms with Gasteiger partial charge in [0.1, 0.15) is 0 Å². The van der Waals surface area contributed by atoms with Crippen molar-refractivity contribution in [2.45, 2.75) is 57.9 Å². The van der Waals surface area contributed by atoms with Gasteiger partial charge in [-0.2, -0.15) is 11.8 Å². The second kappa shape index (κ2) is 6.27. The molecule has 16 heavy (non-hydrogen) atoms. The molecule has 0 rings (SSSR count). The van der Waals surface area contributed by atoms with Gasteiger partial charge in [-0.15, -0.1) is 0 Å². The molecule has 1 N–H and O–H groups in total. The minimum Gasteiger partial charge on any atom is -0.312 e. The van der Waals surface area contributed by atoms with Crippen LogP contribution in [0.15, 0.2) is 0 Å². The lowest BCUT2D eigenvalue weighted by molar-refractivity contribution is 0.187. The molecule has 1 unspecified atom stereocenters. The molecule has 0 aromatic carbocycles. The van der Waals surface area contributed by atoms with E-state index in [9.17, 15) is 0 Å². The van der Waals surface area contributed by atoms with Crippen LogP contribution in [0.25, 0.3) is 0 Å². The van der Waals surface area contributed by atoms with Crippen molar-refractivity contribution in [3.63, 3.8) is 0 Å². The summed E-state index contributed by atoms with van der Waals surface area (Å²) in [6.45, 7) is 14.7. The molecule has 0 aliphatic carbocycles. The van der Waals surface area contributed by atoms with Crippen molar-refractivity contribution >= 4 is 11.8 Å². The average Bonchev–Trinajstić information content (AvgIpc) is 2.10. The Hall–Kier alpha value is 0.270. The molecule has 0 saturated heterocycles. The van der Waals surface area contributed by atoms with Gasteiger partial charge in [0.25, 0.3) is 0 Å². The molecule has 0 saturated carbocycles. The van der Waals surface area contributed by atoms with E-state index in [0.29, 0.717) is 10.8 Å². The first-order valence-electron chi connectivity index (χ1n) is 6.09. The van der Waals surface area contributed by atoms with E-state index in [1.165, 1.54) is 5.75 Å². The van der Waals surface area contributed by atoms with Crippen molar-refractivity contribution in [2.75, 3.05) is 26.4 Å². The lowest BCUT2D eigenvalue weighted by Crippen LogP contribution is -2.49. The van der Waals surface area contributed by atoms with E-state index in [-0.39, 0.29) is 5.54 Å². The summed E-state index contributed by atoms with van der Waals surface area (Å²) in [7, 11) is 4.27. The monoisotopic (exact) mass is 246 g/mol. The fraction of sp³-hybridized carbons (Fsp3) is 1.00. The number of nitrogens with one attached hydrogen (secondary N) is 1. The maximum Gasteiger partial charge on any atom is 0.0271 e. The molecule has 2 nitrogen and oxygen atoms in total. The van der Waals surface area contributed by atoms with Gasteiger partial charge in [-0.1, -0.05) is 20.8 Å². The van der Waals surface area contributed by atoms with Crippen LogP contribution in [0.4, 0.5) is 0 Å². The Bertz CT molecular complexity index is 195. The second-order valence-electron chi connectivity index (χ2n) is 6.41. The summed E-state index contributed by atoms with van der Waals surface area (Å²) in [6, 6.07) is 0.573. The van der Waals surface area contributed by atoms with Crippen LogP contribution in [-0.4, -0.2) is 47.6 Å². The molecule has 0 aliphatic heterocycles. The molecule has 3 heteroatoms. The first kappa shape index (κ1) is 16.3. The first-order chi connectivity index (χ1) is 7.04. The van der Waals surface area contributed by atoms with Gasteiger partial charge in [-0.25, -0.2) is 0 Å². The fourth-order valence-electron chi connectivity index (χ4n) is 1.02. The molecule has 1 atom stereocenters. The van der Waals surface area contributed by atoms with Crippen LogP contribution < -0.4 is 5.32 Å². The molecule has 0 amide bonds. The zero-order valence-corrected chi connectivity index (χ0v) is 13.2. The van der Waals surface area contributed by atoms with Gasteiger partial charge in [0.05, 0.1) is 0 Å². The zero-order chi connectivity index (χ0) is 13.0. The summed E-state index contributed by atoms with van der Waals surface area (Å²) in [6.07, 6.45) is 0. The van der Waals surface area contributed by atoms with Crippen molar-refractivity contribution < 1.29 is 0 Å². The van der Waals surface area contributed by atoms with Crippen molar-refractivity contribution in [1.29, 1.82) is 0 Å². The maximum absolute atomic E-state index is 3.61. The molecular formula is C13H30N2S. The highest BCUT2D eigenvalue weighted by atomic mass is 32.2. The van der Waals surface area contributed by atoms with Crippen LogP contribution >= 0.6 is 11.8 Å². The highest BCUT2D eigenvalue weighted by Crippen LogP contribution is 2.23. The van der Waals surface area contributed by atoms with Gasteiger partial charge in [-0.05, 0) is 34.9 Å². The van der Waals surface area contributed by atoms with Gasteiger partial charge < -0.3 is 10.2 Å². The van der Waals surface area contributed by atoms with E-state index < -0.39 is 0 Å². The summed E-state index contributed by atoms with van der Waals surface area (Å²) in [4.78, 5) is 2.27. The molecule has 0 fully saturated rings. The molecule has 98 valence electrons. The first-order valence-corrected chi connectivity index (χ1v) is 7.08. The van der Waals surface area contributed by atoms with Crippen molar-refractivity contribution in [3.8, 4) is 0 Å². The lowest BCUT2D eigenvalue weighted by Gasteiger charge is -2.34. The predicted octanol–water partition coefficient (Wildman–Crippen LogP) is 2.84. The average molecular weight is 246 g/mol. The maximum atomic E-state index is 3.61. The van der Waals surface area contributed by atoms with Crippen LogP contribution in [0, 0.1) is 0 Å². The van der Waals surface area contributed by atoms with Crippen LogP contribution in [0.5, 0.6) is 0 Å². The minimum atomic E-state index is 0.223. The van der Waals surface area contributed by atoms with Gasteiger partial charge in [0, 0.05) is 28.6 Å². The number of thioether (sulfide) groups is 1. The third-order valence-corrected chi connectivity index (χ3v) is 4.39. The van der Waals surface area contributed by atoms with Gasteiger partial charge in [-0.3, -0.25) is 0 Å². The topological polar surface area (TPSA) is 15.3 Å². The molecule has 0 heterocycles. The van der Waals surface area contributed by atoms with E-state index in [4.69, 9.17) is 0 Å². The third-order valence-electron chi connectivity index (χ3n) is 2.86. The predicted molar refractivity (Wildman–Crippen MR) is 77.4 cm³/mol. The number of likely N-dealkylation sites (N-methyl/N-ethyl adjacent to an activating group) is 1. The van der Waals surface area contributed by atoms with Gasteiger partial charge in [0.15, 0.2) is 0 Å². The smallest absolute Gasteiger partial charge is 0.0271 e. The zero-order valence-electron chi connectivity index (χ0n) is 12.3. The standard InChI is InChI=1S/C13H30N2S/c1-11(9-16-12(2,3)4)14-10-13(5,6)15(7)8/h11,14H,9-10H2,1-8H3.